The summed E-state index contributed by atoms with van der Waals surface area (Å²) in [5.41, 5.74) is 7.66. The van der Waals surface area contributed by atoms with Crippen LogP contribution in [0.25, 0.3) is 0 Å². The Kier molecular flexibility index (Phi) is 9.62. The number of primary amides is 1. The third-order valence-corrected chi connectivity index (χ3v) is 7.25. The third-order valence-electron chi connectivity index (χ3n) is 7.25. The molecule has 0 bridgehead atoms. The van der Waals surface area contributed by atoms with Crippen LogP contribution in [0.3, 0.4) is 0 Å². The van der Waals surface area contributed by atoms with Crippen LogP contribution < -0.4 is 16.4 Å². The van der Waals surface area contributed by atoms with Gasteiger partial charge in [-0.25, -0.2) is 0 Å². The molecular weight excluding hydrogens is 435 g/mol. The van der Waals surface area contributed by atoms with E-state index >= 15 is 0 Å². The highest BCUT2D eigenvalue weighted by Gasteiger charge is 2.49. The molecule has 1 saturated carbocycles. The first-order valence-electron chi connectivity index (χ1n) is 11.2. The van der Waals surface area contributed by atoms with Gasteiger partial charge in [0.2, 0.25) is 11.8 Å². The number of rotatable bonds is 6. The zero-order valence-electron chi connectivity index (χ0n) is 18.1. The Balaban J connectivity index is 0.00000171. The number of amides is 2. The number of fused-ring (bicyclic) bond motifs is 1. The zero-order chi connectivity index (χ0) is 20.3. The largest absolute Gasteiger partial charge is 0.369 e. The van der Waals surface area contributed by atoms with Crippen LogP contribution in [0.2, 0.25) is 0 Å². The smallest absolute Gasteiger partial charge is 0.228 e. The van der Waals surface area contributed by atoms with E-state index in [1.807, 2.05) is 0 Å². The van der Waals surface area contributed by atoms with Crippen molar-refractivity contribution in [1.29, 1.82) is 0 Å². The number of carbonyl (C=O) groups is 2. The Hall–Kier alpha value is -1.34. The Morgan fingerprint density at radius 3 is 2.77 bits per heavy atom. The van der Waals surface area contributed by atoms with Crippen LogP contribution >= 0.6 is 24.8 Å². The molecule has 4 N–H and O–H groups in total. The summed E-state index contributed by atoms with van der Waals surface area (Å²) in [6.07, 6.45) is 6.49. The molecule has 2 amide bonds. The standard InChI is InChI=1S/C23H34N4O2.2ClH/c24-21(28)19-7-4-10-27(15-19)14-18-6-3-5-17(11-18)12-26-22(29)23-9-2-1-8-20(23)13-25-16-23;;/h3,5-6,11,19-20,25H,1-2,4,7-10,12-16H2,(H2,24,28)(H,26,29);2*1H/t19?,20-,23+;;/m0../s1. The molecule has 3 aliphatic rings. The molecule has 174 valence electrons. The van der Waals surface area contributed by atoms with Gasteiger partial charge in [0.1, 0.15) is 0 Å². The Bertz CT molecular complexity index is 763. The molecule has 3 atom stereocenters. The van der Waals surface area contributed by atoms with Crippen LogP contribution in [-0.4, -0.2) is 42.9 Å². The highest BCUT2D eigenvalue weighted by Crippen LogP contribution is 2.43. The quantitative estimate of drug-likeness (QED) is 0.596. The zero-order valence-corrected chi connectivity index (χ0v) is 19.7. The summed E-state index contributed by atoms with van der Waals surface area (Å²) in [5.74, 6) is 0.486. The predicted octanol–water partition coefficient (Wildman–Crippen LogP) is 2.62. The van der Waals surface area contributed by atoms with E-state index < -0.39 is 0 Å². The summed E-state index contributed by atoms with van der Waals surface area (Å²) in [6, 6.07) is 8.44. The van der Waals surface area contributed by atoms with Gasteiger partial charge in [-0.3, -0.25) is 14.5 Å². The van der Waals surface area contributed by atoms with Crippen LogP contribution in [0.15, 0.2) is 24.3 Å². The molecule has 31 heavy (non-hydrogen) atoms. The van der Waals surface area contributed by atoms with Gasteiger partial charge in [0, 0.05) is 26.2 Å². The predicted molar refractivity (Wildman–Crippen MR) is 127 cm³/mol. The second-order valence-electron chi connectivity index (χ2n) is 9.21. The van der Waals surface area contributed by atoms with E-state index in [9.17, 15) is 9.59 Å². The minimum Gasteiger partial charge on any atom is -0.369 e. The average molecular weight is 471 g/mol. The van der Waals surface area contributed by atoms with Gasteiger partial charge in [-0.05, 0) is 55.8 Å². The van der Waals surface area contributed by atoms with E-state index in [4.69, 9.17) is 5.73 Å². The Morgan fingerprint density at radius 1 is 1.16 bits per heavy atom. The normalized spacial score (nSPS) is 28.0. The van der Waals surface area contributed by atoms with E-state index in [1.54, 1.807) is 0 Å². The number of halogens is 2. The van der Waals surface area contributed by atoms with Crippen LogP contribution in [-0.2, 0) is 22.7 Å². The van der Waals surface area contributed by atoms with Gasteiger partial charge in [-0.15, -0.1) is 24.8 Å². The fourth-order valence-electron chi connectivity index (χ4n) is 5.58. The number of piperidine rings is 1. The van der Waals surface area contributed by atoms with E-state index in [-0.39, 0.29) is 48.0 Å². The minimum absolute atomic E-state index is 0. The monoisotopic (exact) mass is 470 g/mol. The number of hydrogen-bond acceptors (Lipinski definition) is 4. The van der Waals surface area contributed by atoms with Crippen LogP contribution in [0.4, 0.5) is 0 Å². The van der Waals surface area contributed by atoms with Crippen molar-refractivity contribution in [3.8, 4) is 0 Å². The van der Waals surface area contributed by atoms with Crippen molar-refractivity contribution in [1.82, 2.24) is 15.5 Å². The molecule has 3 fully saturated rings. The molecule has 1 aromatic rings. The van der Waals surface area contributed by atoms with Gasteiger partial charge in [0.15, 0.2) is 0 Å². The third kappa shape index (κ3) is 5.92. The van der Waals surface area contributed by atoms with Crippen LogP contribution in [0.5, 0.6) is 0 Å². The Morgan fingerprint density at radius 2 is 1.97 bits per heavy atom. The lowest BCUT2D eigenvalue weighted by Crippen LogP contribution is -2.47. The van der Waals surface area contributed by atoms with Crippen LogP contribution in [0.1, 0.15) is 49.7 Å². The number of nitrogens with two attached hydrogens (primary N) is 1. The van der Waals surface area contributed by atoms with Crippen LogP contribution in [0, 0.1) is 17.3 Å². The highest BCUT2D eigenvalue weighted by molar-refractivity contribution is 5.85. The molecule has 8 heteroatoms. The molecule has 0 spiro atoms. The summed E-state index contributed by atoms with van der Waals surface area (Å²) in [4.78, 5) is 26.9. The summed E-state index contributed by atoms with van der Waals surface area (Å²) in [6.45, 7) is 4.94. The molecule has 1 aromatic carbocycles. The van der Waals surface area contributed by atoms with Crippen molar-refractivity contribution in [3.05, 3.63) is 35.4 Å². The molecule has 1 unspecified atom stereocenters. The second-order valence-corrected chi connectivity index (χ2v) is 9.21. The van der Waals surface area contributed by atoms with Gasteiger partial charge in [0.25, 0.3) is 0 Å². The molecule has 2 aliphatic heterocycles. The maximum atomic E-state index is 13.1. The maximum Gasteiger partial charge on any atom is 0.228 e. The first-order valence-corrected chi connectivity index (χ1v) is 11.2. The summed E-state index contributed by atoms with van der Waals surface area (Å²) in [5, 5.41) is 6.68. The molecule has 0 radical (unpaired) electrons. The highest BCUT2D eigenvalue weighted by atomic mass is 35.5. The van der Waals surface area contributed by atoms with Gasteiger partial charge in [-0.2, -0.15) is 0 Å². The molecule has 2 heterocycles. The number of nitrogens with one attached hydrogen (secondary N) is 2. The summed E-state index contributed by atoms with van der Waals surface area (Å²) < 4.78 is 0. The molecule has 4 rings (SSSR count). The minimum atomic E-state index is -0.201. The number of hydrogen-bond donors (Lipinski definition) is 3. The van der Waals surface area contributed by atoms with Crippen molar-refractivity contribution in [2.45, 2.75) is 51.6 Å². The van der Waals surface area contributed by atoms with Gasteiger partial charge >= 0.3 is 0 Å². The summed E-state index contributed by atoms with van der Waals surface area (Å²) in [7, 11) is 0. The van der Waals surface area contributed by atoms with Crippen molar-refractivity contribution in [3.63, 3.8) is 0 Å². The van der Waals surface area contributed by atoms with E-state index in [2.05, 4.69) is 39.8 Å². The average Bonchev–Trinajstić information content (AvgIpc) is 3.18. The lowest BCUT2D eigenvalue weighted by atomic mass is 9.67. The van der Waals surface area contributed by atoms with Crippen molar-refractivity contribution in [2.24, 2.45) is 23.0 Å². The second kappa shape index (κ2) is 11.5. The first kappa shape index (κ1) is 25.9. The van der Waals surface area contributed by atoms with Crippen molar-refractivity contribution >= 4 is 36.6 Å². The van der Waals surface area contributed by atoms with Gasteiger partial charge in [0.05, 0.1) is 11.3 Å². The van der Waals surface area contributed by atoms with Crippen molar-refractivity contribution < 1.29 is 9.59 Å². The first-order chi connectivity index (χ1) is 14.1. The molecule has 1 aliphatic carbocycles. The molecule has 0 aromatic heterocycles. The lowest BCUT2D eigenvalue weighted by molar-refractivity contribution is -0.134. The lowest BCUT2D eigenvalue weighted by Gasteiger charge is -2.37. The van der Waals surface area contributed by atoms with Gasteiger partial charge < -0.3 is 16.4 Å². The number of nitrogens with zero attached hydrogens (tertiary/aromatic N) is 1. The topological polar surface area (TPSA) is 87.5 Å². The number of benzene rings is 1. The molecule has 6 nitrogen and oxygen atoms in total. The van der Waals surface area contributed by atoms with E-state index in [0.717, 1.165) is 70.4 Å². The fourth-order valence-corrected chi connectivity index (χ4v) is 5.58. The molecular formula is C23H36Cl2N4O2. The van der Waals surface area contributed by atoms with Crippen molar-refractivity contribution in [2.75, 3.05) is 26.2 Å². The van der Waals surface area contributed by atoms with Gasteiger partial charge in [-0.1, -0.05) is 37.1 Å². The number of carbonyl (C=O) groups excluding carboxylic acids is 2. The maximum absolute atomic E-state index is 13.1. The molecule has 2 saturated heterocycles. The van der Waals surface area contributed by atoms with E-state index in [0.29, 0.717) is 12.5 Å². The SMILES string of the molecule is Cl.Cl.NC(=O)C1CCCN(Cc2cccc(CNC(=O)[C@@]34CCCC[C@H]3CNC4)c2)C1. The Labute approximate surface area is 197 Å². The number of likely N-dealkylation sites (tertiary alicyclic amines) is 1. The fraction of sp³-hybridized carbons (Fsp3) is 0.652. The van der Waals surface area contributed by atoms with E-state index in [1.165, 1.54) is 12.0 Å². The summed E-state index contributed by atoms with van der Waals surface area (Å²) >= 11 is 0.